The van der Waals surface area contributed by atoms with E-state index in [9.17, 15) is 4.39 Å². The minimum atomic E-state index is -0.328. The SMILES string of the molecule is Cc1ncc(F)c(N2CC3CCC(C2)C3N)n1. The van der Waals surface area contributed by atoms with Crippen molar-refractivity contribution in [2.75, 3.05) is 18.0 Å². The van der Waals surface area contributed by atoms with Crippen LogP contribution >= 0.6 is 0 Å². The first kappa shape index (κ1) is 10.9. The second-order valence-electron chi connectivity index (χ2n) is 5.17. The molecule has 1 aromatic rings. The first-order chi connectivity index (χ1) is 8.15. The molecule has 92 valence electrons. The third-order valence-corrected chi connectivity index (χ3v) is 4.05. The fraction of sp³-hybridized carbons (Fsp3) is 0.667. The summed E-state index contributed by atoms with van der Waals surface area (Å²) in [6.07, 6.45) is 3.58. The van der Waals surface area contributed by atoms with Crippen LogP contribution < -0.4 is 10.6 Å². The van der Waals surface area contributed by atoms with Crippen LogP contribution in [0.1, 0.15) is 18.7 Å². The summed E-state index contributed by atoms with van der Waals surface area (Å²) in [6.45, 7) is 3.43. The van der Waals surface area contributed by atoms with E-state index in [1.54, 1.807) is 6.92 Å². The number of fused-ring (bicyclic) bond motifs is 2. The minimum Gasteiger partial charge on any atom is -0.353 e. The van der Waals surface area contributed by atoms with Crippen LogP contribution in [-0.4, -0.2) is 29.1 Å². The lowest BCUT2D eigenvalue weighted by molar-refractivity contribution is 0.352. The van der Waals surface area contributed by atoms with Gasteiger partial charge in [-0.2, -0.15) is 0 Å². The number of piperidine rings is 1. The summed E-state index contributed by atoms with van der Waals surface area (Å²) >= 11 is 0. The van der Waals surface area contributed by atoms with Gasteiger partial charge in [-0.25, -0.2) is 14.4 Å². The number of aromatic nitrogens is 2. The van der Waals surface area contributed by atoms with E-state index in [-0.39, 0.29) is 11.9 Å². The maximum absolute atomic E-state index is 13.7. The van der Waals surface area contributed by atoms with Crippen molar-refractivity contribution in [2.45, 2.75) is 25.8 Å². The molecule has 1 aliphatic heterocycles. The van der Waals surface area contributed by atoms with Crippen LogP contribution in [0, 0.1) is 24.6 Å². The highest BCUT2D eigenvalue weighted by Gasteiger charge is 2.40. The molecular weight excluding hydrogens is 219 g/mol. The molecule has 4 nitrogen and oxygen atoms in total. The van der Waals surface area contributed by atoms with Crippen molar-refractivity contribution in [3.05, 3.63) is 17.8 Å². The quantitative estimate of drug-likeness (QED) is 0.793. The molecular formula is C12H17FN4. The van der Waals surface area contributed by atoms with Gasteiger partial charge in [-0.15, -0.1) is 0 Å². The molecule has 5 heteroatoms. The monoisotopic (exact) mass is 236 g/mol. The van der Waals surface area contributed by atoms with Gasteiger partial charge in [-0.05, 0) is 31.6 Å². The summed E-state index contributed by atoms with van der Waals surface area (Å²) in [7, 11) is 0. The zero-order valence-corrected chi connectivity index (χ0v) is 9.93. The highest BCUT2D eigenvalue weighted by molar-refractivity contribution is 5.40. The Bertz CT molecular complexity index is 423. The van der Waals surface area contributed by atoms with Gasteiger partial charge in [0.1, 0.15) is 5.82 Å². The fourth-order valence-electron chi connectivity index (χ4n) is 3.10. The molecule has 1 aliphatic carbocycles. The molecule has 3 rings (SSSR count). The van der Waals surface area contributed by atoms with Crippen molar-refractivity contribution in [3.8, 4) is 0 Å². The van der Waals surface area contributed by atoms with Crippen molar-refractivity contribution in [2.24, 2.45) is 17.6 Å². The molecule has 1 saturated carbocycles. The lowest BCUT2D eigenvalue weighted by atomic mass is 9.93. The highest BCUT2D eigenvalue weighted by atomic mass is 19.1. The molecule has 1 aromatic heterocycles. The predicted molar refractivity (Wildman–Crippen MR) is 63.1 cm³/mol. The van der Waals surface area contributed by atoms with Crippen LogP contribution in [-0.2, 0) is 0 Å². The van der Waals surface area contributed by atoms with E-state index in [0.717, 1.165) is 25.9 Å². The van der Waals surface area contributed by atoms with Crippen LogP contribution in [0.3, 0.4) is 0 Å². The number of halogens is 1. The lowest BCUT2D eigenvalue weighted by Crippen LogP contribution is -2.49. The van der Waals surface area contributed by atoms with Gasteiger partial charge >= 0.3 is 0 Å². The van der Waals surface area contributed by atoms with Gasteiger partial charge in [0, 0.05) is 19.1 Å². The molecule has 2 aliphatic rings. The summed E-state index contributed by atoms with van der Waals surface area (Å²) in [5.74, 6) is 1.71. The van der Waals surface area contributed by atoms with E-state index in [1.807, 2.05) is 4.90 Å². The average Bonchev–Trinajstić information content (AvgIpc) is 2.55. The predicted octanol–water partition coefficient (Wildman–Crippen LogP) is 1.10. The molecule has 2 atom stereocenters. The first-order valence-corrected chi connectivity index (χ1v) is 6.15. The summed E-state index contributed by atoms with van der Waals surface area (Å²) in [5.41, 5.74) is 6.14. The Morgan fingerprint density at radius 1 is 1.35 bits per heavy atom. The van der Waals surface area contributed by atoms with E-state index in [1.165, 1.54) is 6.20 Å². The van der Waals surface area contributed by atoms with Gasteiger partial charge in [0.25, 0.3) is 0 Å². The van der Waals surface area contributed by atoms with Gasteiger partial charge < -0.3 is 10.6 Å². The number of hydrogen-bond donors (Lipinski definition) is 1. The molecule has 2 unspecified atom stereocenters. The summed E-state index contributed by atoms with van der Waals surface area (Å²) in [6, 6.07) is 0.289. The largest absolute Gasteiger partial charge is 0.353 e. The Balaban J connectivity index is 1.88. The van der Waals surface area contributed by atoms with Crippen LogP contribution in [0.2, 0.25) is 0 Å². The number of nitrogens with zero attached hydrogens (tertiary/aromatic N) is 3. The van der Waals surface area contributed by atoms with E-state index in [0.29, 0.717) is 23.5 Å². The Labute approximate surface area is 100 Å². The van der Waals surface area contributed by atoms with Gasteiger partial charge in [0.2, 0.25) is 0 Å². The number of nitrogens with two attached hydrogens (primary N) is 1. The number of anilines is 1. The third kappa shape index (κ3) is 1.78. The normalized spacial score (nSPS) is 31.9. The van der Waals surface area contributed by atoms with Crippen molar-refractivity contribution >= 4 is 5.82 Å². The minimum absolute atomic E-state index is 0.289. The van der Waals surface area contributed by atoms with Crippen LogP contribution in [0.15, 0.2) is 6.20 Å². The number of aryl methyl sites for hydroxylation is 1. The maximum atomic E-state index is 13.7. The van der Waals surface area contributed by atoms with E-state index >= 15 is 0 Å². The number of hydrogen-bond acceptors (Lipinski definition) is 4. The molecule has 2 bridgehead atoms. The molecule has 17 heavy (non-hydrogen) atoms. The number of rotatable bonds is 1. The maximum Gasteiger partial charge on any atom is 0.183 e. The highest BCUT2D eigenvalue weighted by Crippen LogP contribution is 2.37. The molecule has 0 aromatic carbocycles. The van der Waals surface area contributed by atoms with E-state index in [4.69, 9.17) is 5.73 Å². The van der Waals surface area contributed by atoms with Crippen molar-refractivity contribution in [3.63, 3.8) is 0 Å². The smallest absolute Gasteiger partial charge is 0.183 e. The van der Waals surface area contributed by atoms with Crippen LogP contribution in [0.4, 0.5) is 10.2 Å². The standard InChI is InChI=1S/C12H17FN4/c1-7-15-4-10(13)12(16-7)17-5-8-2-3-9(6-17)11(8)14/h4,8-9,11H,2-3,5-6,14H2,1H3. The zero-order chi connectivity index (χ0) is 12.0. The van der Waals surface area contributed by atoms with Crippen LogP contribution in [0.5, 0.6) is 0 Å². The van der Waals surface area contributed by atoms with Crippen molar-refractivity contribution in [1.29, 1.82) is 0 Å². The molecule has 0 amide bonds. The van der Waals surface area contributed by atoms with Crippen molar-refractivity contribution < 1.29 is 4.39 Å². The molecule has 0 spiro atoms. The summed E-state index contributed by atoms with van der Waals surface area (Å²) in [4.78, 5) is 10.1. The molecule has 2 N–H and O–H groups in total. The van der Waals surface area contributed by atoms with Crippen molar-refractivity contribution in [1.82, 2.24) is 9.97 Å². The third-order valence-electron chi connectivity index (χ3n) is 4.05. The lowest BCUT2D eigenvalue weighted by Gasteiger charge is -2.36. The summed E-state index contributed by atoms with van der Waals surface area (Å²) < 4.78 is 13.7. The zero-order valence-electron chi connectivity index (χ0n) is 9.93. The Morgan fingerprint density at radius 2 is 2.00 bits per heavy atom. The van der Waals surface area contributed by atoms with Crippen LogP contribution in [0.25, 0.3) is 0 Å². The van der Waals surface area contributed by atoms with Gasteiger partial charge in [0.05, 0.1) is 6.20 Å². The molecule has 1 saturated heterocycles. The molecule has 0 radical (unpaired) electrons. The Morgan fingerprint density at radius 3 is 2.65 bits per heavy atom. The first-order valence-electron chi connectivity index (χ1n) is 6.15. The molecule has 2 heterocycles. The summed E-state index contributed by atoms with van der Waals surface area (Å²) in [5, 5.41) is 0. The second kappa shape index (κ2) is 3.91. The Hall–Kier alpha value is -1.23. The van der Waals surface area contributed by atoms with E-state index in [2.05, 4.69) is 9.97 Å². The molecule has 2 fully saturated rings. The van der Waals surface area contributed by atoms with Gasteiger partial charge in [0.15, 0.2) is 11.6 Å². The average molecular weight is 236 g/mol. The Kier molecular flexibility index (Phi) is 2.50. The topological polar surface area (TPSA) is 55.0 Å². The van der Waals surface area contributed by atoms with E-state index < -0.39 is 0 Å². The van der Waals surface area contributed by atoms with Gasteiger partial charge in [-0.1, -0.05) is 0 Å². The fourth-order valence-corrected chi connectivity index (χ4v) is 3.10. The van der Waals surface area contributed by atoms with Gasteiger partial charge in [-0.3, -0.25) is 0 Å². The second-order valence-corrected chi connectivity index (χ2v) is 5.17.